The highest BCUT2D eigenvalue weighted by molar-refractivity contribution is 5.46. The van der Waals surface area contributed by atoms with E-state index in [-0.39, 0.29) is 19.0 Å². The van der Waals surface area contributed by atoms with Crippen LogP contribution in [0.3, 0.4) is 0 Å². The molecule has 16 heavy (non-hydrogen) atoms. The molecule has 0 bridgehead atoms. The van der Waals surface area contributed by atoms with E-state index in [1.807, 2.05) is 6.92 Å². The molecule has 0 fully saturated rings. The maximum Gasteiger partial charge on any atom is 0.146 e. The first-order chi connectivity index (χ1) is 7.50. The zero-order valence-corrected chi connectivity index (χ0v) is 9.63. The third-order valence-electron chi connectivity index (χ3n) is 2.59. The van der Waals surface area contributed by atoms with Crippen LogP contribution < -0.4 is 5.32 Å². The maximum absolute atomic E-state index is 13.4. The first-order valence-corrected chi connectivity index (χ1v) is 5.22. The average Bonchev–Trinajstić information content (AvgIpc) is 2.27. The van der Waals surface area contributed by atoms with Crippen molar-refractivity contribution in [3.05, 3.63) is 29.6 Å². The lowest BCUT2D eigenvalue weighted by Crippen LogP contribution is -2.34. The summed E-state index contributed by atoms with van der Waals surface area (Å²) in [7, 11) is 0. The van der Waals surface area contributed by atoms with Gasteiger partial charge in [-0.05, 0) is 24.6 Å². The van der Waals surface area contributed by atoms with Crippen molar-refractivity contribution < 1.29 is 14.6 Å². The Morgan fingerprint density at radius 3 is 2.44 bits per heavy atom. The number of aliphatic hydroxyl groups excluding tert-OH is 2. The normalized spacial score (nSPS) is 11.6. The second-order valence-corrected chi connectivity index (χ2v) is 4.46. The summed E-state index contributed by atoms with van der Waals surface area (Å²) >= 11 is 0. The van der Waals surface area contributed by atoms with Crippen molar-refractivity contribution in [1.29, 1.82) is 0 Å². The highest BCUT2D eigenvalue weighted by atomic mass is 19.1. The molecule has 0 aliphatic rings. The second kappa shape index (κ2) is 5.27. The minimum atomic E-state index is -0.642. The zero-order chi connectivity index (χ0) is 12.2. The summed E-state index contributed by atoms with van der Waals surface area (Å²) < 4.78 is 13.4. The average molecular weight is 227 g/mol. The van der Waals surface area contributed by atoms with E-state index in [0.29, 0.717) is 12.2 Å². The molecular formula is C12H18FNO2. The maximum atomic E-state index is 13.4. The molecule has 0 aliphatic carbocycles. The minimum Gasteiger partial charge on any atom is -0.396 e. The predicted molar refractivity (Wildman–Crippen MR) is 61.9 cm³/mol. The van der Waals surface area contributed by atoms with Gasteiger partial charge in [-0.3, -0.25) is 0 Å². The fourth-order valence-electron chi connectivity index (χ4n) is 1.23. The van der Waals surface area contributed by atoms with Crippen LogP contribution in [-0.4, -0.2) is 30.0 Å². The van der Waals surface area contributed by atoms with Crippen molar-refractivity contribution in [3.8, 4) is 0 Å². The third kappa shape index (κ3) is 3.18. The topological polar surface area (TPSA) is 52.5 Å². The molecule has 0 aliphatic heterocycles. The van der Waals surface area contributed by atoms with Gasteiger partial charge >= 0.3 is 0 Å². The number of halogens is 1. The summed E-state index contributed by atoms with van der Waals surface area (Å²) in [5.74, 6) is -0.321. The highest BCUT2D eigenvalue weighted by Crippen LogP contribution is 2.19. The Morgan fingerprint density at radius 2 is 1.94 bits per heavy atom. The van der Waals surface area contributed by atoms with Crippen LogP contribution in [0.1, 0.15) is 12.5 Å². The molecule has 1 rings (SSSR count). The van der Waals surface area contributed by atoms with Crippen molar-refractivity contribution >= 4 is 5.69 Å². The van der Waals surface area contributed by atoms with Crippen LogP contribution in [0.5, 0.6) is 0 Å². The molecule has 90 valence electrons. The van der Waals surface area contributed by atoms with Gasteiger partial charge in [-0.2, -0.15) is 0 Å². The molecule has 0 spiro atoms. The van der Waals surface area contributed by atoms with E-state index < -0.39 is 5.41 Å². The first-order valence-electron chi connectivity index (χ1n) is 5.22. The van der Waals surface area contributed by atoms with Crippen LogP contribution in [0.2, 0.25) is 0 Å². The van der Waals surface area contributed by atoms with Gasteiger partial charge in [-0.15, -0.1) is 0 Å². The van der Waals surface area contributed by atoms with Crippen molar-refractivity contribution in [1.82, 2.24) is 0 Å². The third-order valence-corrected chi connectivity index (χ3v) is 2.59. The van der Waals surface area contributed by atoms with Gasteiger partial charge < -0.3 is 15.5 Å². The minimum absolute atomic E-state index is 0.149. The Kier molecular flexibility index (Phi) is 4.26. The fourth-order valence-corrected chi connectivity index (χ4v) is 1.23. The molecule has 0 atom stereocenters. The van der Waals surface area contributed by atoms with Gasteiger partial charge in [0.25, 0.3) is 0 Å². The van der Waals surface area contributed by atoms with Crippen LogP contribution in [0.4, 0.5) is 10.1 Å². The lowest BCUT2D eigenvalue weighted by atomic mass is 9.93. The molecular weight excluding hydrogens is 209 g/mol. The monoisotopic (exact) mass is 227 g/mol. The summed E-state index contributed by atoms with van der Waals surface area (Å²) in [4.78, 5) is 0. The Morgan fingerprint density at radius 1 is 1.31 bits per heavy atom. The van der Waals surface area contributed by atoms with Crippen molar-refractivity contribution in [2.45, 2.75) is 13.8 Å². The largest absolute Gasteiger partial charge is 0.396 e. The molecule has 3 nitrogen and oxygen atoms in total. The van der Waals surface area contributed by atoms with Gasteiger partial charge in [0.15, 0.2) is 0 Å². The van der Waals surface area contributed by atoms with Crippen molar-refractivity contribution in [3.63, 3.8) is 0 Å². The number of nitrogens with one attached hydrogen (secondary N) is 1. The molecule has 0 unspecified atom stereocenters. The SMILES string of the molecule is Cc1ccc(NCC(C)(CO)CO)c(F)c1. The number of benzene rings is 1. The summed E-state index contributed by atoms with van der Waals surface area (Å²) in [5, 5.41) is 21.1. The number of hydrogen-bond acceptors (Lipinski definition) is 3. The smallest absolute Gasteiger partial charge is 0.146 e. The molecule has 4 heteroatoms. The van der Waals surface area contributed by atoms with Gasteiger partial charge in [0.05, 0.1) is 18.9 Å². The lowest BCUT2D eigenvalue weighted by Gasteiger charge is -2.25. The van der Waals surface area contributed by atoms with Crippen LogP contribution in [0.15, 0.2) is 18.2 Å². The molecule has 0 saturated carbocycles. The molecule has 0 aromatic heterocycles. The summed E-state index contributed by atoms with van der Waals surface area (Å²) in [5.41, 5.74) is 0.603. The molecule has 0 heterocycles. The fraction of sp³-hybridized carbons (Fsp3) is 0.500. The molecule has 0 saturated heterocycles. The van der Waals surface area contributed by atoms with Gasteiger partial charge in [0, 0.05) is 12.0 Å². The zero-order valence-electron chi connectivity index (χ0n) is 9.63. The summed E-state index contributed by atoms with van der Waals surface area (Å²) in [6.07, 6.45) is 0. The Bertz CT molecular complexity index is 351. The van der Waals surface area contributed by atoms with E-state index in [1.54, 1.807) is 19.1 Å². The number of anilines is 1. The van der Waals surface area contributed by atoms with Gasteiger partial charge in [0.1, 0.15) is 5.82 Å². The molecule has 3 N–H and O–H groups in total. The van der Waals surface area contributed by atoms with Crippen molar-refractivity contribution in [2.24, 2.45) is 5.41 Å². The lowest BCUT2D eigenvalue weighted by molar-refractivity contribution is 0.0806. The number of aryl methyl sites for hydroxylation is 1. The van der Waals surface area contributed by atoms with Crippen molar-refractivity contribution in [2.75, 3.05) is 25.1 Å². The molecule has 0 radical (unpaired) electrons. The second-order valence-electron chi connectivity index (χ2n) is 4.46. The van der Waals surface area contributed by atoms with E-state index in [9.17, 15) is 4.39 Å². The Labute approximate surface area is 94.9 Å². The molecule has 0 amide bonds. The molecule has 1 aromatic carbocycles. The Balaban J connectivity index is 2.67. The van der Waals surface area contributed by atoms with Crippen LogP contribution in [0.25, 0.3) is 0 Å². The van der Waals surface area contributed by atoms with E-state index in [2.05, 4.69) is 5.32 Å². The van der Waals surface area contributed by atoms with Crippen LogP contribution in [0, 0.1) is 18.2 Å². The molecule has 1 aromatic rings. The van der Waals surface area contributed by atoms with E-state index in [0.717, 1.165) is 5.56 Å². The van der Waals surface area contributed by atoms with Crippen LogP contribution >= 0.6 is 0 Å². The quantitative estimate of drug-likeness (QED) is 0.715. The number of rotatable bonds is 5. The highest BCUT2D eigenvalue weighted by Gasteiger charge is 2.22. The standard InChI is InChI=1S/C12H18FNO2/c1-9-3-4-11(10(13)5-9)14-6-12(2,7-15)8-16/h3-5,14-16H,6-8H2,1-2H3. The number of hydrogen-bond donors (Lipinski definition) is 3. The summed E-state index contributed by atoms with van der Waals surface area (Å²) in [6.45, 7) is 3.57. The summed E-state index contributed by atoms with van der Waals surface area (Å²) in [6, 6.07) is 4.90. The van der Waals surface area contributed by atoms with Crippen LogP contribution in [-0.2, 0) is 0 Å². The Hall–Kier alpha value is -1.13. The predicted octanol–water partition coefficient (Wildman–Crippen LogP) is 1.54. The van der Waals surface area contributed by atoms with E-state index >= 15 is 0 Å². The van der Waals surface area contributed by atoms with E-state index in [4.69, 9.17) is 10.2 Å². The van der Waals surface area contributed by atoms with Gasteiger partial charge in [-0.25, -0.2) is 4.39 Å². The van der Waals surface area contributed by atoms with Gasteiger partial charge in [0.2, 0.25) is 0 Å². The first kappa shape index (κ1) is 12.9. The number of aliphatic hydroxyl groups is 2. The van der Waals surface area contributed by atoms with E-state index in [1.165, 1.54) is 6.07 Å². The van der Waals surface area contributed by atoms with Gasteiger partial charge in [-0.1, -0.05) is 13.0 Å².